The Balaban J connectivity index is 3.06. The standard InChI is InChI=1S/C14H18FNO2/c1-4-10-16-14(3,13(17)18-5-2)11-6-8-12(15)9-7-11/h4,6-9,16H,1,5,10H2,2-3H3. The number of halogens is 1. The van der Waals surface area contributed by atoms with Crippen molar-refractivity contribution in [2.75, 3.05) is 13.2 Å². The van der Waals surface area contributed by atoms with Crippen molar-refractivity contribution < 1.29 is 13.9 Å². The highest BCUT2D eigenvalue weighted by molar-refractivity contribution is 5.82. The largest absolute Gasteiger partial charge is 0.464 e. The molecule has 0 saturated carbocycles. The maximum atomic E-state index is 12.9. The lowest BCUT2D eigenvalue weighted by Gasteiger charge is -2.28. The van der Waals surface area contributed by atoms with Crippen molar-refractivity contribution in [3.05, 3.63) is 48.3 Å². The lowest BCUT2D eigenvalue weighted by Crippen LogP contribution is -2.47. The molecule has 1 rings (SSSR count). The van der Waals surface area contributed by atoms with Crippen molar-refractivity contribution in [1.82, 2.24) is 5.32 Å². The van der Waals surface area contributed by atoms with Gasteiger partial charge in [0.1, 0.15) is 11.4 Å². The summed E-state index contributed by atoms with van der Waals surface area (Å²) in [6.45, 7) is 7.81. The minimum absolute atomic E-state index is 0.297. The number of hydrogen-bond donors (Lipinski definition) is 1. The molecule has 4 heteroatoms. The Morgan fingerprint density at radius 1 is 1.50 bits per heavy atom. The highest BCUT2D eigenvalue weighted by atomic mass is 19.1. The fraction of sp³-hybridized carbons (Fsp3) is 0.357. The Hall–Kier alpha value is -1.68. The van der Waals surface area contributed by atoms with E-state index in [9.17, 15) is 9.18 Å². The molecular weight excluding hydrogens is 233 g/mol. The van der Waals surface area contributed by atoms with Gasteiger partial charge in [-0.3, -0.25) is 5.32 Å². The van der Waals surface area contributed by atoms with Crippen LogP contribution in [0.5, 0.6) is 0 Å². The number of ether oxygens (including phenoxy) is 1. The topological polar surface area (TPSA) is 38.3 Å². The first-order chi connectivity index (χ1) is 8.54. The predicted octanol–water partition coefficient (Wildman–Crippen LogP) is 2.38. The summed E-state index contributed by atoms with van der Waals surface area (Å²) in [5.41, 5.74) is -0.345. The van der Waals surface area contributed by atoms with E-state index in [1.165, 1.54) is 12.1 Å². The zero-order valence-electron chi connectivity index (χ0n) is 10.7. The van der Waals surface area contributed by atoms with E-state index in [1.54, 1.807) is 32.1 Å². The first kappa shape index (κ1) is 14.4. The van der Waals surface area contributed by atoms with Gasteiger partial charge in [-0.05, 0) is 31.5 Å². The van der Waals surface area contributed by atoms with Gasteiger partial charge in [-0.1, -0.05) is 18.2 Å². The lowest BCUT2D eigenvalue weighted by atomic mass is 9.92. The molecule has 0 saturated heterocycles. The number of rotatable bonds is 6. The Labute approximate surface area is 107 Å². The summed E-state index contributed by atoms with van der Waals surface area (Å²) in [6.07, 6.45) is 1.65. The first-order valence-electron chi connectivity index (χ1n) is 5.83. The molecular formula is C14H18FNO2. The van der Waals surface area contributed by atoms with Gasteiger partial charge in [-0.25, -0.2) is 9.18 Å². The van der Waals surface area contributed by atoms with Crippen LogP contribution in [0.15, 0.2) is 36.9 Å². The van der Waals surface area contributed by atoms with Crippen LogP contribution in [-0.2, 0) is 15.1 Å². The van der Waals surface area contributed by atoms with Crippen LogP contribution in [0, 0.1) is 5.82 Å². The highest BCUT2D eigenvalue weighted by Crippen LogP contribution is 2.22. The van der Waals surface area contributed by atoms with Gasteiger partial charge in [0.05, 0.1) is 6.61 Å². The number of carbonyl (C=O) groups excluding carboxylic acids is 1. The molecule has 0 aromatic heterocycles. The molecule has 18 heavy (non-hydrogen) atoms. The number of esters is 1. The van der Waals surface area contributed by atoms with Crippen LogP contribution in [0.25, 0.3) is 0 Å². The highest BCUT2D eigenvalue weighted by Gasteiger charge is 2.35. The van der Waals surface area contributed by atoms with Crippen molar-refractivity contribution in [2.24, 2.45) is 0 Å². The van der Waals surface area contributed by atoms with Crippen molar-refractivity contribution in [2.45, 2.75) is 19.4 Å². The van der Waals surface area contributed by atoms with Crippen LogP contribution in [0.3, 0.4) is 0 Å². The van der Waals surface area contributed by atoms with Gasteiger partial charge < -0.3 is 4.74 Å². The molecule has 0 fully saturated rings. The van der Waals surface area contributed by atoms with Crippen LogP contribution in [0.1, 0.15) is 19.4 Å². The summed E-state index contributed by atoms with van der Waals surface area (Å²) in [4.78, 5) is 12.0. The average molecular weight is 251 g/mol. The van der Waals surface area contributed by atoms with Crippen molar-refractivity contribution >= 4 is 5.97 Å². The smallest absolute Gasteiger partial charge is 0.330 e. The second kappa shape index (κ2) is 6.31. The van der Waals surface area contributed by atoms with E-state index in [0.29, 0.717) is 18.7 Å². The second-order valence-electron chi connectivity index (χ2n) is 4.02. The maximum absolute atomic E-state index is 12.9. The number of nitrogens with one attached hydrogen (secondary N) is 1. The van der Waals surface area contributed by atoms with Crippen LogP contribution < -0.4 is 5.32 Å². The maximum Gasteiger partial charge on any atom is 0.330 e. The summed E-state index contributed by atoms with van der Waals surface area (Å²) in [5.74, 6) is -0.730. The van der Waals surface area contributed by atoms with Crippen LogP contribution in [-0.4, -0.2) is 19.1 Å². The molecule has 98 valence electrons. The fourth-order valence-electron chi connectivity index (χ4n) is 1.63. The quantitative estimate of drug-likeness (QED) is 0.623. The second-order valence-corrected chi connectivity index (χ2v) is 4.02. The summed E-state index contributed by atoms with van der Waals surface area (Å²) >= 11 is 0. The van der Waals surface area contributed by atoms with E-state index in [-0.39, 0.29) is 5.82 Å². The van der Waals surface area contributed by atoms with Crippen molar-refractivity contribution in [3.63, 3.8) is 0 Å². The van der Waals surface area contributed by atoms with Gasteiger partial charge in [-0.15, -0.1) is 6.58 Å². The third-order valence-corrected chi connectivity index (χ3v) is 2.71. The number of carbonyl (C=O) groups is 1. The Morgan fingerprint density at radius 2 is 2.11 bits per heavy atom. The molecule has 1 N–H and O–H groups in total. The van der Waals surface area contributed by atoms with Crippen LogP contribution >= 0.6 is 0 Å². The van der Waals surface area contributed by atoms with E-state index in [0.717, 1.165) is 0 Å². The monoisotopic (exact) mass is 251 g/mol. The average Bonchev–Trinajstić information content (AvgIpc) is 2.37. The lowest BCUT2D eigenvalue weighted by molar-refractivity contribution is -0.150. The van der Waals surface area contributed by atoms with Gasteiger partial charge in [0.15, 0.2) is 0 Å². The minimum atomic E-state index is -1.00. The van der Waals surface area contributed by atoms with Crippen molar-refractivity contribution in [3.8, 4) is 0 Å². The van der Waals surface area contributed by atoms with Gasteiger partial charge in [0.2, 0.25) is 0 Å². The zero-order valence-corrected chi connectivity index (χ0v) is 10.7. The minimum Gasteiger partial charge on any atom is -0.464 e. The fourth-order valence-corrected chi connectivity index (χ4v) is 1.63. The molecule has 3 nitrogen and oxygen atoms in total. The molecule has 1 unspecified atom stereocenters. The summed E-state index contributed by atoms with van der Waals surface area (Å²) < 4.78 is 18.0. The van der Waals surface area contributed by atoms with Gasteiger partial charge in [0.25, 0.3) is 0 Å². The van der Waals surface area contributed by atoms with Crippen molar-refractivity contribution in [1.29, 1.82) is 0 Å². The summed E-state index contributed by atoms with van der Waals surface area (Å²) in [7, 11) is 0. The molecule has 0 heterocycles. The number of benzene rings is 1. The van der Waals surface area contributed by atoms with Crippen LogP contribution in [0.4, 0.5) is 4.39 Å². The SMILES string of the molecule is C=CCNC(C)(C(=O)OCC)c1ccc(F)cc1. The molecule has 0 amide bonds. The molecule has 0 aliphatic carbocycles. The van der Waals surface area contributed by atoms with E-state index in [4.69, 9.17) is 4.74 Å². The third kappa shape index (κ3) is 3.17. The predicted molar refractivity (Wildman–Crippen MR) is 68.6 cm³/mol. The molecule has 0 aliphatic heterocycles. The Morgan fingerprint density at radius 3 is 2.61 bits per heavy atom. The zero-order chi connectivity index (χ0) is 13.6. The van der Waals surface area contributed by atoms with Gasteiger partial charge in [-0.2, -0.15) is 0 Å². The van der Waals surface area contributed by atoms with Crippen LogP contribution in [0.2, 0.25) is 0 Å². The van der Waals surface area contributed by atoms with E-state index in [2.05, 4.69) is 11.9 Å². The van der Waals surface area contributed by atoms with E-state index < -0.39 is 11.5 Å². The number of hydrogen-bond acceptors (Lipinski definition) is 3. The van der Waals surface area contributed by atoms with Gasteiger partial charge in [0, 0.05) is 6.54 Å². The Bertz CT molecular complexity index is 416. The van der Waals surface area contributed by atoms with Gasteiger partial charge >= 0.3 is 5.97 Å². The molecule has 0 aliphatic rings. The molecule has 0 spiro atoms. The summed E-state index contributed by atoms with van der Waals surface area (Å²) in [5, 5.41) is 3.05. The summed E-state index contributed by atoms with van der Waals surface area (Å²) in [6, 6.07) is 5.79. The molecule has 1 aromatic rings. The molecule has 1 atom stereocenters. The normalized spacial score (nSPS) is 13.7. The third-order valence-electron chi connectivity index (χ3n) is 2.71. The Kier molecular flexibility index (Phi) is 5.04. The molecule has 0 bridgehead atoms. The molecule has 0 radical (unpaired) electrons. The van der Waals surface area contributed by atoms with E-state index >= 15 is 0 Å². The molecule has 1 aromatic carbocycles. The van der Waals surface area contributed by atoms with E-state index in [1.807, 2.05) is 0 Å². The first-order valence-corrected chi connectivity index (χ1v) is 5.83.